The van der Waals surface area contributed by atoms with Gasteiger partial charge in [0.25, 0.3) is 5.91 Å². The van der Waals surface area contributed by atoms with Gasteiger partial charge in [0.15, 0.2) is 10.8 Å². The number of thiazole rings is 1. The van der Waals surface area contributed by atoms with Crippen molar-refractivity contribution in [3.63, 3.8) is 0 Å². The van der Waals surface area contributed by atoms with Crippen molar-refractivity contribution in [1.82, 2.24) is 19.7 Å². The SMILES string of the molecule is CCN(CC)CCN(C(=O)c1ccn(C)n1)c1nc2c(OC)cccc2s1. The lowest BCUT2D eigenvalue weighted by molar-refractivity contribution is 0.0978. The van der Waals surface area contributed by atoms with Crippen LogP contribution in [0.2, 0.25) is 0 Å². The number of para-hydroxylation sites is 1. The second kappa shape index (κ2) is 8.49. The van der Waals surface area contributed by atoms with Gasteiger partial charge in [0, 0.05) is 26.3 Å². The molecule has 1 amide bonds. The van der Waals surface area contributed by atoms with Crippen LogP contribution in [0.4, 0.5) is 5.13 Å². The molecule has 2 aromatic heterocycles. The molecule has 0 aliphatic rings. The van der Waals surface area contributed by atoms with Crippen LogP contribution in [0, 0.1) is 0 Å². The lowest BCUT2D eigenvalue weighted by Crippen LogP contribution is -2.39. The van der Waals surface area contributed by atoms with Gasteiger partial charge in [-0.25, -0.2) is 4.98 Å². The lowest BCUT2D eigenvalue weighted by atomic mass is 10.3. The first-order valence-electron chi connectivity index (χ1n) is 9.04. The average molecular weight is 388 g/mol. The summed E-state index contributed by atoms with van der Waals surface area (Å²) in [5.41, 5.74) is 1.20. The molecule has 2 heterocycles. The highest BCUT2D eigenvalue weighted by atomic mass is 32.1. The number of methoxy groups -OCH3 is 1. The molecule has 8 heteroatoms. The third kappa shape index (κ3) is 4.12. The number of anilines is 1. The van der Waals surface area contributed by atoms with E-state index in [2.05, 4.69) is 23.8 Å². The number of benzene rings is 1. The fourth-order valence-corrected chi connectivity index (χ4v) is 3.93. The number of aryl methyl sites for hydroxylation is 1. The molecule has 0 bridgehead atoms. The van der Waals surface area contributed by atoms with Gasteiger partial charge in [-0.1, -0.05) is 31.3 Å². The van der Waals surface area contributed by atoms with Crippen LogP contribution in [0.5, 0.6) is 5.75 Å². The Morgan fingerprint density at radius 1 is 1.22 bits per heavy atom. The summed E-state index contributed by atoms with van der Waals surface area (Å²) in [6.07, 6.45) is 1.77. The molecule has 1 aromatic carbocycles. The molecule has 7 nitrogen and oxygen atoms in total. The summed E-state index contributed by atoms with van der Waals surface area (Å²) in [5, 5.41) is 4.94. The van der Waals surface area contributed by atoms with Gasteiger partial charge in [-0.3, -0.25) is 14.4 Å². The van der Waals surface area contributed by atoms with Gasteiger partial charge in [-0.05, 0) is 31.3 Å². The highest BCUT2D eigenvalue weighted by Crippen LogP contribution is 2.34. The van der Waals surface area contributed by atoms with Gasteiger partial charge in [0.05, 0.1) is 11.8 Å². The molecule has 3 rings (SSSR count). The highest BCUT2D eigenvalue weighted by Gasteiger charge is 2.24. The first kappa shape index (κ1) is 19.3. The number of fused-ring (bicyclic) bond motifs is 1. The Hall–Kier alpha value is -2.45. The number of likely N-dealkylation sites (N-methyl/N-ethyl adjacent to an activating group) is 1. The van der Waals surface area contributed by atoms with Gasteiger partial charge in [0.1, 0.15) is 11.3 Å². The zero-order valence-corrected chi connectivity index (χ0v) is 17.0. The number of ether oxygens (including phenoxy) is 1. The van der Waals surface area contributed by atoms with E-state index in [9.17, 15) is 4.79 Å². The monoisotopic (exact) mass is 387 g/mol. The Kier molecular flexibility index (Phi) is 6.08. The summed E-state index contributed by atoms with van der Waals surface area (Å²) in [6, 6.07) is 7.55. The molecule has 3 aromatic rings. The van der Waals surface area contributed by atoms with Crippen molar-refractivity contribution in [2.24, 2.45) is 7.05 Å². The van der Waals surface area contributed by atoms with Crippen molar-refractivity contribution >= 4 is 32.6 Å². The number of carbonyl (C=O) groups excluding carboxylic acids is 1. The van der Waals surface area contributed by atoms with E-state index < -0.39 is 0 Å². The minimum Gasteiger partial charge on any atom is -0.494 e. The van der Waals surface area contributed by atoms with E-state index in [0.29, 0.717) is 23.1 Å². The largest absolute Gasteiger partial charge is 0.494 e. The molecule has 144 valence electrons. The molecule has 0 spiro atoms. The number of nitrogens with zero attached hydrogens (tertiary/aromatic N) is 5. The maximum atomic E-state index is 13.1. The van der Waals surface area contributed by atoms with E-state index in [1.54, 1.807) is 36.0 Å². The van der Waals surface area contributed by atoms with Gasteiger partial charge in [-0.2, -0.15) is 5.10 Å². The Morgan fingerprint density at radius 3 is 2.63 bits per heavy atom. The van der Waals surface area contributed by atoms with Crippen LogP contribution in [0.25, 0.3) is 10.2 Å². The summed E-state index contributed by atoms with van der Waals surface area (Å²) in [4.78, 5) is 21.9. The molecular weight excluding hydrogens is 362 g/mol. The topological polar surface area (TPSA) is 63.5 Å². The summed E-state index contributed by atoms with van der Waals surface area (Å²) in [7, 11) is 3.44. The minimum absolute atomic E-state index is 0.138. The smallest absolute Gasteiger partial charge is 0.280 e. The third-order valence-corrected chi connectivity index (χ3v) is 5.58. The van der Waals surface area contributed by atoms with Gasteiger partial charge >= 0.3 is 0 Å². The summed E-state index contributed by atoms with van der Waals surface area (Å²) in [5.74, 6) is 0.574. The number of amides is 1. The maximum Gasteiger partial charge on any atom is 0.280 e. The van der Waals surface area contributed by atoms with Crippen LogP contribution >= 0.6 is 11.3 Å². The molecule has 0 atom stereocenters. The van der Waals surface area contributed by atoms with Crippen LogP contribution < -0.4 is 9.64 Å². The second-order valence-corrected chi connectivity index (χ2v) is 7.17. The first-order valence-corrected chi connectivity index (χ1v) is 9.86. The summed E-state index contributed by atoms with van der Waals surface area (Å²) in [6.45, 7) is 7.46. The van der Waals surface area contributed by atoms with Crippen LogP contribution in [-0.4, -0.2) is 58.9 Å². The molecule has 27 heavy (non-hydrogen) atoms. The first-order chi connectivity index (χ1) is 13.1. The van der Waals surface area contributed by atoms with E-state index in [0.717, 1.165) is 29.9 Å². The van der Waals surface area contributed by atoms with Gasteiger partial charge in [-0.15, -0.1) is 0 Å². The van der Waals surface area contributed by atoms with E-state index in [4.69, 9.17) is 9.72 Å². The Balaban J connectivity index is 1.97. The predicted molar refractivity (Wildman–Crippen MR) is 109 cm³/mol. The Labute approximate surface area is 163 Å². The zero-order chi connectivity index (χ0) is 19.4. The Morgan fingerprint density at radius 2 is 2.00 bits per heavy atom. The molecular formula is C19H25N5O2S. The molecule has 0 fully saturated rings. The second-order valence-electron chi connectivity index (χ2n) is 6.16. The Bertz CT molecular complexity index is 916. The molecule has 0 radical (unpaired) electrons. The molecule has 0 aliphatic heterocycles. The molecule has 0 saturated carbocycles. The van der Waals surface area contributed by atoms with Crippen LogP contribution in [-0.2, 0) is 7.05 Å². The standard InChI is InChI=1S/C19H25N5O2S/c1-5-23(6-2)12-13-24(18(25)14-10-11-22(3)21-14)19-20-17-15(26-4)8-7-9-16(17)27-19/h7-11H,5-6,12-13H2,1-4H3. The van der Waals surface area contributed by atoms with E-state index in [1.165, 1.54) is 11.3 Å². The van der Waals surface area contributed by atoms with Crippen LogP contribution in [0.1, 0.15) is 24.3 Å². The number of carbonyl (C=O) groups is 1. The van der Waals surface area contributed by atoms with Crippen molar-refractivity contribution in [1.29, 1.82) is 0 Å². The fourth-order valence-electron chi connectivity index (χ4n) is 2.92. The predicted octanol–water partition coefficient (Wildman–Crippen LogP) is 3.03. The van der Waals surface area contributed by atoms with Crippen molar-refractivity contribution in [3.05, 3.63) is 36.2 Å². The lowest BCUT2D eigenvalue weighted by Gasteiger charge is -2.24. The number of aromatic nitrogens is 3. The summed E-state index contributed by atoms with van der Waals surface area (Å²) >= 11 is 1.49. The van der Waals surface area contributed by atoms with Gasteiger partial charge < -0.3 is 9.64 Å². The molecule has 0 aliphatic carbocycles. The van der Waals surface area contributed by atoms with Crippen molar-refractivity contribution < 1.29 is 9.53 Å². The van der Waals surface area contributed by atoms with Crippen LogP contribution in [0.3, 0.4) is 0 Å². The third-order valence-electron chi connectivity index (χ3n) is 4.53. The highest BCUT2D eigenvalue weighted by molar-refractivity contribution is 7.22. The number of hydrogen-bond acceptors (Lipinski definition) is 6. The number of rotatable bonds is 8. The molecule has 0 N–H and O–H groups in total. The van der Waals surface area contributed by atoms with E-state index >= 15 is 0 Å². The van der Waals surface area contributed by atoms with Gasteiger partial charge in [0.2, 0.25) is 0 Å². The van der Waals surface area contributed by atoms with Crippen molar-refractivity contribution in [2.75, 3.05) is 38.2 Å². The van der Waals surface area contributed by atoms with E-state index in [-0.39, 0.29) is 5.91 Å². The van der Waals surface area contributed by atoms with E-state index in [1.807, 2.05) is 18.2 Å². The summed E-state index contributed by atoms with van der Waals surface area (Å²) < 4.78 is 8.05. The maximum absolute atomic E-state index is 13.1. The minimum atomic E-state index is -0.138. The zero-order valence-electron chi connectivity index (χ0n) is 16.2. The fraction of sp³-hybridized carbons (Fsp3) is 0.421. The number of hydrogen-bond donors (Lipinski definition) is 0. The van der Waals surface area contributed by atoms with Crippen molar-refractivity contribution in [2.45, 2.75) is 13.8 Å². The normalized spacial score (nSPS) is 11.3. The molecule has 0 unspecified atom stereocenters. The van der Waals surface area contributed by atoms with Crippen LogP contribution in [0.15, 0.2) is 30.5 Å². The molecule has 0 saturated heterocycles. The van der Waals surface area contributed by atoms with Crippen molar-refractivity contribution in [3.8, 4) is 5.75 Å². The quantitative estimate of drug-likeness (QED) is 0.594. The average Bonchev–Trinajstić information content (AvgIpc) is 3.30.